The van der Waals surface area contributed by atoms with Crippen molar-refractivity contribution in [1.82, 2.24) is 14.5 Å². The number of likely N-dealkylation sites (tertiary alicyclic amines) is 1. The molecule has 1 aromatic carbocycles. The van der Waals surface area contributed by atoms with Crippen molar-refractivity contribution in [3.05, 3.63) is 40.3 Å². The highest BCUT2D eigenvalue weighted by Crippen LogP contribution is 2.32. The van der Waals surface area contributed by atoms with Crippen LogP contribution in [0.1, 0.15) is 107 Å². The van der Waals surface area contributed by atoms with E-state index in [1.54, 1.807) is 10.6 Å². The van der Waals surface area contributed by atoms with Crippen LogP contribution in [-0.2, 0) is 0 Å². The molecule has 1 N–H and O–H groups in total. The molecule has 4 rings (SSSR count). The van der Waals surface area contributed by atoms with Gasteiger partial charge in [0.2, 0.25) is 5.69 Å². The van der Waals surface area contributed by atoms with Crippen molar-refractivity contribution in [2.75, 3.05) is 6.54 Å². The van der Waals surface area contributed by atoms with Crippen LogP contribution in [0.2, 0.25) is 0 Å². The summed E-state index contributed by atoms with van der Waals surface area (Å²) in [6.07, 6.45) is 16.7. The van der Waals surface area contributed by atoms with Crippen molar-refractivity contribution < 1.29 is 9.90 Å². The van der Waals surface area contributed by atoms with Crippen molar-refractivity contribution in [2.45, 2.75) is 109 Å². The van der Waals surface area contributed by atoms with Crippen LogP contribution in [0.5, 0.6) is 0 Å². The summed E-state index contributed by atoms with van der Waals surface area (Å²) < 4.78 is 1.68. The Balaban J connectivity index is 1.55. The van der Waals surface area contributed by atoms with E-state index in [0.29, 0.717) is 17.6 Å². The Labute approximate surface area is 197 Å². The molecule has 0 spiro atoms. The SMILES string of the molecule is CC(CC1CCCN1C1CCCCCCCCCC1)n1c(=O)c(C(=O)O)nc2ccccc21. The molecular formula is C27H39N3O3. The quantitative estimate of drug-likeness (QED) is 0.620. The fraction of sp³-hybridized carbons (Fsp3) is 0.667. The Morgan fingerprint density at radius 3 is 2.30 bits per heavy atom. The second-order valence-corrected chi connectivity index (χ2v) is 10.1. The van der Waals surface area contributed by atoms with E-state index in [0.717, 1.165) is 24.9 Å². The molecule has 1 aromatic heterocycles. The topological polar surface area (TPSA) is 75.4 Å². The molecule has 6 heteroatoms. The van der Waals surface area contributed by atoms with Crippen LogP contribution in [0.3, 0.4) is 0 Å². The first-order chi connectivity index (χ1) is 16.1. The fourth-order valence-electron chi connectivity index (χ4n) is 6.12. The molecule has 2 atom stereocenters. The molecule has 0 radical (unpaired) electrons. The van der Waals surface area contributed by atoms with Gasteiger partial charge >= 0.3 is 5.97 Å². The summed E-state index contributed by atoms with van der Waals surface area (Å²) in [5.41, 5.74) is 0.410. The van der Waals surface area contributed by atoms with Gasteiger partial charge in [-0.15, -0.1) is 0 Å². The lowest BCUT2D eigenvalue weighted by atomic mass is 9.98. The first kappa shape index (κ1) is 23.9. The number of carbonyl (C=O) groups is 1. The summed E-state index contributed by atoms with van der Waals surface area (Å²) in [5.74, 6) is -1.26. The van der Waals surface area contributed by atoms with Crippen LogP contribution >= 0.6 is 0 Å². The number of benzene rings is 1. The molecule has 2 fully saturated rings. The lowest BCUT2D eigenvalue weighted by Gasteiger charge is -2.35. The Bertz CT molecular complexity index is 990. The van der Waals surface area contributed by atoms with E-state index >= 15 is 0 Å². The molecular weight excluding hydrogens is 414 g/mol. The molecule has 2 aliphatic rings. The largest absolute Gasteiger partial charge is 0.476 e. The first-order valence-electron chi connectivity index (χ1n) is 13.1. The van der Waals surface area contributed by atoms with Gasteiger partial charge in [-0.25, -0.2) is 9.78 Å². The van der Waals surface area contributed by atoms with Crippen molar-refractivity contribution in [1.29, 1.82) is 0 Å². The van der Waals surface area contributed by atoms with E-state index < -0.39 is 11.5 Å². The monoisotopic (exact) mass is 453 g/mol. The molecule has 2 heterocycles. The molecule has 1 saturated heterocycles. The molecule has 1 aliphatic heterocycles. The van der Waals surface area contributed by atoms with Crippen LogP contribution in [-0.4, -0.2) is 44.2 Å². The third kappa shape index (κ3) is 5.65. The maximum atomic E-state index is 13.1. The van der Waals surface area contributed by atoms with Crippen molar-refractivity contribution in [3.8, 4) is 0 Å². The maximum Gasteiger partial charge on any atom is 0.360 e. The fourth-order valence-corrected chi connectivity index (χ4v) is 6.12. The number of rotatable bonds is 5. The third-order valence-electron chi connectivity index (χ3n) is 7.77. The zero-order valence-electron chi connectivity index (χ0n) is 20.0. The second kappa shape index (κ2) is 11.3. The zero-order chi connectivity index (χ0) is 23.2. The summed E-state index contributed by atoms with van der Waals surface area (Å²) >= 11 is 0. The highest BCUT2D eigenvalue weighted by atomic mass is 16.4. The highest BCUT2D eigenvalue weighted by molar-refractivity contribution is 5.88. The van der Waals surface area contributed by atoms with Gasteiger partial charge in [-0.3, -0.25) is 9.69 Å². The number of carboxylic acid groups (broad SMARTS) is 1. The predicted molar refractivity (Wildman–Crippen MR) is 132 cm³/mol. The molecule has 0 amide bonds. The van der Waals surface area contributed by atoms with E-state index in [1.807, 2.05) is 18.2 Å². The van der Waals surface area contributed by atoms with Crippen LogP contribution in [0, 0.1) is 0 Å². The first-order valence-corrected chi connectivity index (χ1v) is 13.1. The average Bonchev–Trinajstić information content (AvgIpc) is 3.23. The van der Waals surface area contributed by atoms with Crippen molar-refractivity contribution in [2.24, 2.45) is 0 Å². The smallest absolute Gasteiger partial charge is 0.360 e. The molecule has 1 aliphatic carbocycles. The van der Waals surface area contributed by atoms with Gasteiger partial charge in [0.1, 0.15) is 0 Å². The number of hydrogen-bond acceptors (Lipinski definition) is 4. The van der Waals surface area contributed by atoms with Crippen LogP contribution in [0.15, 0.2) is 29.1 Å². The summed E-state index contributed by atoms with van der Waals surface area (Å²) in [7, 11) is 0. The minimum absolute atomic E-state index is 0.0863. The molecule has 0 bridgehead atoms. The van der Waals surface area contributed by atoms with E-state index in [1.165, 1.54) is 70.6 Å². The lowest BCUT2D eigenvalue weighted by molar-refractivity contribution is 0.0687. The molecule has 2 aromatic rings. The van der Waals surface area contributed by atoms with Gasteiger partial charge < -0.3 is 9.67 Å². The molecule has 180 valence electrons. The van der Waals surface area contributed by atoms with E-state index in [-0.39, 0.29) is 11.7 Å². The van der Waals surface area contributed by atoms with E-state index in [4.69, 9.17) is 0 Å². The summed E-state index contributed by atoms with van der Waals surface area (Å²) in [6, 6.07) is 8.39. The van der Waals surface area contributed by atoms with Gasteiger partial charge in [0.05, 0.1) is 11.0 Å². The number of aromatic nitrogens is 2. The molecule has 33 heavy (non-hydrogen) atoms. The van der Waals surface area contributed by atoms with Gasteiger partial charge in [-0.2, -0.15) is 0 Å². The Morgan fingerprint density at radius 1 is 1.00 bits per heavy atom. The number of para-hydroxylation sites is 2. The van der Waals surface area contributed by atoms with Gasteiger partial charge in [-0.1, -0.05) is 63.5 Å². The Kier molecular flexibility index (Phi) is 8.18. The van der Waals surface area contributed by atoms with Gasteiger partial charge in [-0.05, 0) is 57.7 Å². The van der Waals surface area contributed by atoms with Crippen LogP contribution in [0.25, 0.3) is 11.0 Å². The standard InChI is InChI=1S/C27H39N3O3/c1-20(30-24-17-11-10-16-23(24)28-25(26(30)31)27(32)33)19-22-15-12-18-29(22)21-13-8-6-4-2-3-5-7-9-14-21/h10-11,16-17,20-22H,2-9,12-15,18-19H2,1H3,(H,32,33). The molecule has 1 saturated carbocycles. The van der Waals surface area contributed by atoms with Crippen LogP contribution in [0.4, 0.5) is 0 Å². The highest BCUT2D eigenvalue weighted by Gasteiger charge is 2.32. The van der Waals surface area contributed by atoms with E-state index in [9.17, 15) is 14.7 Å². The van der Waals surface area contributed by atoms with Gasteiger partial charge in [0.15, 0.2) is 0 Å². The normalized spacial score (nSPS) is 22.8. The summed E-state index contributed by atoms with van der Waals surface area (Å²) in [4.78, 5) is 31.7. The maximum absolute atomic E-state index is 13.1. The Hall–Kier alpha value is -2.21. The second-order valence-electron chi connectivity index (χ2n) is 10.1. The average molecular weight is 454 g/mol. The van der Waals surface area contributed by atoms with Crippen LogP contribution < -0.4 is 5.56 Å². The Morgan fingerprint density at radius 2 is 1.64 bits per heavy atom. The van der Waals surface area contributed by atoms with Crippen molar-refractivity contribution in [3.63, 3.8) is 0 Å². The zero-order valence-corrected chi connectivity index (χ0v) is 20.0. The van der Waals surface area contributed by atoms with Gasteiger partial charge in [0.25, 0.3) is 5.56 Å². The molecule has 2 unspecified atom stereocenters. The van der Waals surface area contributed by atoms with E-state index in [2.05, 4.69) is 16.8 Å². The lowest BCUT2D eigenvalue weighted by Crippen LogP contribution is -2.41. The number of nitrogens with zero attached hydrogens (tertiary/aromatic N) is 3. The number of fused-ring (bicyclic) bond motifs is 1. The minimum atomic E-state index is -1.26. The summed E-state index contributed by atoms with van der Waals surface area (Å²) in [6.45, 7) is 3.21. The van der Waals surface area contributed by atoms with Crippen molar-refractivity contribution >= 4 is 17.0 Å². The minimum Gasteiger partial charge on any atom is -0.476 e. The molecule has 6 nitrogen and oxygen atoms in total. The number of carboxylic acids is 1. The van der Waals surface area contributed by atoms with Gasteiger partial charge in [0, 0.05) is 18.1 Å². The number of hydrogen-bond donors (Lipinski definition) is 1. The third-order valence-corrected chi connectivity index (χ3v) is 7.77. The summed E-state index contributed by atoms with van der Waals surface area (Å²) in [5, 5.41) is 9.56. The number of aromatic carboxylic acids is 1. The predicted octanol–water partition coefficient (Wildman–Crippen LogP) is 5.79.